The number of nitrogens with one attached hydrogen (secondary N) is 2. The highest BCUT2D eigenvalue weighted by Crippen LogP contribution is 2.10. The topological polar surface area (TPSA) is 70.6 Å². The van der Waals surface area contributed by atoms with Crippen LogP contribution in [-0.2, 0) is 16.3 Å². The van der Waals surface area contributed by atoms with E-state index in [0.29, 0.717) is 18.9 Å². The molecule has 0 aliphatic heterocycles. The summed E-state index contributed by atoms with van der Waals surface area (Å²) >= 11 is 0. The summed E-state index contributed by atoms with van der Waals surface area (Å²) < 4.78 is 49.1. The van der Waals surface area contributed by atoms with E-state index in [1.807, 2.05) is 13.8 Å². The second-order valence-corrected chi connectivity index (χ2v) is 7.97. The van der Waals surface area contributed by atoms with Crippen molar-refractivity contribution in [3.8, 4) is 0 Å². The minimum absolute atomic E-state index is 0.0802. The minimum Gasteiger partial charge on any atom is -0.357 e. The normalized spacial score (nSPS) is 13.6. The molecule has 0 amide bonds. The summed E-state index contributed by atoms with van der Waals surface area (Å²) in [5.41, 5.74) is 0.278. The molecule has 0 saturated carbocycles. The molecule has 0 heterocycles. The summed E-state index contributed by atoms with van der Waals surface area (Å²) in [4.78, 5) is 4.32. The number of nitrogens with zero attached hydrogens (tertiary/aromatic N) is 1. The lowest BCUT2D eigenvalue weighted by molar-refractivity contribution is 0.579. The molecule has 5 nitrogen and oxygen atoms in total. The van der Waals surface area contributed by atoms with Gasteiger partial charge in [-0.05, 0) is 50.5 Å². The van der Waals surface area contributed by atoms with Gasteiger partial charge in [-0.3, -0.25) is 4.99 Å². The molecule has 1 aromatic carbocycles. The number of sulfone groups is 1. The van der Waals surface area contributed by atoms with E-state index in [9.17, 15) is 17.2 Å². The van der Waals surface area contributed by atoms with Crippen molar-refractivity contribution in [2.24, 2.45) is 4.99 Å². The molecule has 0 saturated heterocycles. The largest absolute Gasteiger partial charge is 0.357 e. The molecule has 1 aromatic rings. The van der Waals surface area contributed by atoms with Crippen LogP contribution < -0.4 is 10.6 Å². The van der Waals surface area contributed by atoms with Crippen molar-refractivity contribution in [3.05, 3.63) is 35.4 Å². The van der Waals surface area contributed by atoms with Crippen LogP contribution >= 0.6 is 0 Å². The highest BCUT2D eigenvalue weighted by atomic mass is 32.2. The maximum absolute atomic E-state index is 13.6. The number of hydrogen-bond donors (Lipinski definition) is 2. The fourth-order valence-corrected chi connectivity index (χ4v) is 2.82. The van der Waals surface area contributed by atoms with E-state index in [1.165, 1.54) is 12.3 Å². The number of aliphatic imine (C=N–C) groups is 1. The Balaban J connectivity index is 2.60. The number of rotatable bonds is 8. The molecule has 1 rings (SSSR count). The van der Waals surface area contributed by atoms with E-state index in [4.69, 9.17) is 0 Å². The predicted octanol–water partition coefficient (Wildman–Crippen LogP) is 1.89. The van der Waals surface area contributed by atoms with E-state index in [0.717, 1.165) is 12.1 Å². The molecular weight excluding hydrogens is 336 g/mol. The van der Waals surface area contributed by atoms with Crippen LogP contribution in [0.5, 0.6) is 0 Å². The lowest BCUT2D eigenvalue weighted by Gasteiger charge is -2.17. The Morgan fingerprint density at radius 3 is 2.67 bits per heavy atom. The summed E-state index contributed by atoms with van der Waals surface area (Å²) in [6, 6.07) is 3.27. The van der Waals surface area contributed by atoms with Crippen LogP contribution in [0.25, 0.3) is 0 Å². The Bertz CT molecular complexity index is 663. The van der Waals surface area contributed by atoms with Crippen LogP contribution in [0, 0.1) is 11.6 Å². The molecular formula is C16H25F2N3O2S. The smallest absolute Gasteiger partial charge is 0.191 e. The molecule has 24 heavy (non-hydrogen) atoms. The van der Waals surface area contributed by atoms with Crippen molar-refractivity contribution < 1.29 is 17.2 Å². The first-order valence-electron chi connectivity index (χ1n) is 7.87. The monoisotopic (exact) mass is 361 g/mol. The van der Waals surface area contributed by atoms with E-state index < -0.39 is 21.5 Å². The fourth-order valence-electron chi connectivity index (χ4n) is 2.04. The third-order valence-electron chi connectivity index (χ3n) is 3.31. The zero-order chi connectivity index (χ0) is 18.2. The molecule has 0 fully saturated rings. The molecule has 1 unspecified atom stereocenters. The minimum atomic E-state index is -3.01. The second kappa shape index (κ2) is 9.56. The number of hydrogen-bond acceptors (Lipinski definition) is 3. The molecule has 0 aliphatic rings. The lowest BCUT2D eigenvalue weighted by Crippen LogP contribution is -2.43. The van der Waals surface area contributed by atoms with Gasteiger partial charge in [0.1, 0.15) is 21.5 Å². The average molecular weight is 361 g/mol. The highest BCUT2D eigenvalue weighted by Gasteiger charge is 2.09. The van der Waals surface area contributed by atoms with Gasteiger partial charge in [-0.15, -0.1) is 0 Å². The van der Waals surface area contributed by atoms with Crippen LogP contribution in [0.4, 0.5) is 8.78 Å². The fraction of sp³-hybridized carbons (Fsp3) is 0.562. The Labute approximate surface area is 142 Å². The van der Waals surface area contributed by atoms with Crippen molar-refractivity contribution in [2.75, 3.05) is 25.1 Å². The van der Waals surface area contributed by atoms with E-state index in [1.54, 1.807) is 0 Å². The van der Waals surface area contributed by atoms with E-state index in [2.05, 4.69) is 15.6 Å². The maximum atomic E-state index is 13.6. The zero-order valence-electron chi connectivity index (χ0n) is 14.3. The van der Waals surface area contributed by atoms with Crippen LogP contribution in [0.15, 0.2) is 23.2 Å². The lowest BCUT2D eigenvalue weighted by atomic mass is 10.1. The van der Waals surface area contributed by atoms with Gasteiger partial charge in [-0.2, -0.15) is 0 Å². The third kappa shape index (κ3) is 8.24. The molecule has 2 N–H and O–H groups in total. The van der Waals surface area contributed by atoms with Crippen LogP contribution in [-0.4, -0.2) is 45.5 Å². The first-order valence-corrected chi connectivity index (χ1v) is 9.94. The van der Waals surface area contributed by atoms with Gasteiger partial charge in [0.2, 0.25) is 0 Å². The van der Waals surface area contributed by atoms with Gasteiger partial charge in [0.25, 0.3) is 0 Å². The van der Waals surface area contributed by atoms with Gasteiger partial charge in [-0.25, -0.2) is 17.2 Å². The molecule has 1 atom stereocenters. The Morgan fingerprint density at radius 1 is 1.33 bits per heavy atom. The Hall–Kier alpha value is -1.70. The van der Waals surface area contributed by atoms with Gasteiger partial charge in [0.05, 0.1) is 5.75 Å². The molecule has 0 spiro atoms. The van der Waals surface area contributed by atoms with Gasteiger partial charge in [0.15, 0.2) is 5.96 Å². The summed E-state index contributed by atoms with van der Waals surface area (Å²) in [6.45, 7) is 4.70. The van der Waals surface area contributed by atoms with E-state index in [-0.39, 0.29) is 30.3 Å². The maximum Gasteiger partial charge on any atom is 0.191 e. The van der Waals surface area contributed by atoms with Crippen LogP contribution in [0.2, 0.25) is 0 Å². The third-order valence-corrected chi connectivity index (χ3v) is 4.29. The standard InChI is InChI=1S/C16H25F2N3O2S/c1-4-19-16(21-12(2)8-10-24(3,22)23)20-9-7-13-11-14(17)5-6-15(13)18/h5-6,11-12H,4,7-10H2,1-3H3,(H2,19,20,21). The average Bonchev–Trinajstić information content (AvgIpc) is 2.48. The summed E-state index contributed by atoms with van der Waals surface area (Å²) in [6.07, 6.45) is 1.94. The SMILES string of the molecule is CCNC(=NCCc1cc(F)ccc1F)NC(C)CCS(C)(=O)=O. The number of halogens is 2. The molecule has 0 bridgehead atoms. The molecule has 8 heteroatoms. The summed E-state index contributed by atoms with van der Waals surface area (Å²) in [5.74, 6) is -0.314. The first-order chi connectivity index (χ1) is 11.2. The van der Waals surface area contributed by atoms with Crippen molar-refractivity contribution in [2.45, 2.75) is 32.7 Å². The van der Waals surface area contributed by atoms with Crippen molar-refractivity contribution in [1.82, 2.24) is 10.6 Å². The Kier molecular flexibility index (Phi) is 8.10. The summed E-state index contributed by atoms with van der Waals surface area (Å²) in [7, 11) is -3.01. The quantitative estimate of drug-likeness (QED) is 0.548. The molecule has 0 radical (unpaired) electrons. The van der Waals surface area contributed by atoms with Gasteiger partial charge in [-0.1, -0.05) is 0 Å². The summed E-state index contributed by atoms with van der Waals surface area (Å²) in [5, 5.41) is 6.15. The van der Waals surface area contributed by atoms with Gasteiger partial charge >= 0.3 is 0 Å². The first kappa shape index (κ1) is 20.3. The van der Waals surface area contributed by atoms with Crippen LogP contribution in [0.1, 0.15) is 25.8 Å². The molecule has 0 aliphatic carbocycles. The van der Waals surface area contributed by atoms with Crippen molar-refractivity contribution in [3.63, 3.8) is 0 Å². The number of benzene rings is 1. The van der Waals surface area contributed by atoms with Crippen LogP contribution in [0.3, 0.4) is 0 Å². The number of guanidine groups is 1. The molecule has 0 aromatic heterocycles. The molecule has 136 valence electrons. The van der Waals surface area contributed by atoms with Gasteiger partial charge in [0, 0.05) is 25.4 Å². The van der Waals surface area contributed by atoms with Crippen molar-refractivity contribution in [1.29, 1.82) is 0 Å². The van der Waals surface area contributed by atoms with E-state index >= 15 is 0 Å². The zero-order valence-corrected chi connectivity index (χ0v) is 15.1. The van der Waals surface area contributed by atoms with Crippen molar-refractivity contribution >= 4 is 15.8 Å². The van der Waals surface area contributed by atoms with Gasteiger partial charge < -0.3 is 10.6 Å². The highest BCUT2D eigenvalue weighted by molar-refractivity contribution is 7.90. The second-order valence-electron chi connectivity index (χ2n) is 5.71. The Morgan fingerprint density at radius 2 is 2.04 bits per heavy atom. The predicted molar refractivity (Wildman–Crippen MR) is 93.0 cm³/mol.